The SMILES string of the molecule is CC(C)OC(=O)N[C@H]1CC[C@H](c2ncc(-c3ccc(Nc4cnn(CCF)c4)cc3S(=O)(=O)C3CC3)s2)CC1. The van der Waals surface area contributed by atoms with Gasteiger partial charge in [-0.25, -0.2) is 22.6 Å². The van der Waals surface area contributed by atoms with Crippen molar-refractivity contribution in [2.45, 2.75) is 87.1 Å². The lowest BCUT2D eigenvalue weighted by Crippen LogP contribution is -2.38. The lowest BCUT2D eigenvalue weighted by molar-refractivity contribution is 0.109. The predicted octanol–water partition coefficient (Wildman–Crippen LogP) is 5.82. The van der Waals surface area contributed by atoms with Crippen LogP contribution in [-0.2, 0) is 21.1 Å². The zero-order chi connectivity index (χ0) is 27.6. The van der Waals surface area contributed by atoms with Crippen LogP contribution >= 0.6 is 11.3 Å². The van der Waals surface area contributed by atoms with Gasteiger partial charge in [-0.2, -0.15) is 5.10 Å². The molecule has 210 valence electrons. The molecule has 0 aliphatic heterocycles. The fourth-order valence-corrected chi connectivity index (χ4v) is 7.98. The number of hydrogen-bond acceptors (Lipinski definition) is 8. The van der Waals surface area contributed by atoms with E-state index >= 15 is 0 Å². The molecule has 12 heteroatoms. The van der Waals surface area contributed by atoms with Crippen LogP contribution in [0.1, 0.15) is 63.3 Å². The molecule has 2 aliphatic rings. The number of carbonyl (C=O) groups excluding carboxylic acids is 1. The second-order valence-corrected chi connectivity index (χ2v) is 13.7. The minimum Gasteiger partial charge on any atom is -0.447 e. The van der Waals surface area contributed by atoms with Crippen molar-refractivity contribution >= 4 is 38.6 Å². The summed E-state index contributed by atoms with van der Waals surface area (Å²) in [4.78, 5) is 17.8. The number of alkyl carbamates (subject to hydrolysis) is 1. The Morgan fingerprint density at radius 3 is 2.62 bits per heavy atom. The van der Waals surface area contributed by atoms with Crippen molar-refractivity contribution in [2.75, 3.05) is 12.0 Å². The van der Waals surface area contributed by atoms with Gasteiger partial charge in [0.1, 0.15) is 6.67 Å². The van der Waals surface area contributed by atoms with E-state index in [1.165, 1.54) is 4.68 Å². The van der Waals surface area contributed by atoms with E-state index in [2.05, 4.69) is 15.7 Å². The molecule has 0 atom stereocenters. The summed E-state index contributed by atoms with van der Waals surface area (Å²) in [7, 11) is -3.49. The van der Waals surface area contributed by atoms with Crippen LogP contribution in [-0.4, -0.2) is 53.3 Å². The maximum atomic E-state index is 13.4. The monoisotopic (exact) mass is 575 g/mol. The number of alkyl halides is 1. The van der Waals surface area contributed by atoms with Crippen LogP contribution in [0.4, 0.5) is 20.6 Å². The van der Waals surface area contributed by atoms with Gasteiger partial charge in [-0.15, -0.1) is 11.3 Å². The van der Waals surface area contributed by atoms with Crippen molar-refractivity contribution in [3.63, 3.8) is 0 Å². The molecule has 39 heavy (non-hydrogen) atoms. The minimum atomic E-state index is -3.49. The Kier molecular flexibility index (Phi) is 8.22. The number of aryl methyl sites for hydroxylation is 1. The Bertz CT molecular complexity index is 1410. The lowest BCUT2D eigenvalue weighted by atomic mass is 9.86. The summed E-state index contributed by atoms with van der Waals surface area (Å²) < 4.78 is 46.2. The molecule has 1 amide bonds. The molecule has 0 radical (unpaired) electrons. The van der Waals surface area contributed by atoms with E-state index in [1.54, 1.807) is 36.0 Å². The van der Waals surface area contributed by atoms with Gasteiger partial charge in [0.2, 0.25) is 0 Å². The third-order valence-corrected chi connectivity index (χ3v) is 10.5. The van der Waals surface area contributed by atoms with E-state index < -0.39 is 16.5 Å². The van der Waals surface area contributed by atoms with Gasteiger partial charge in [-0.3, -0.25) is 4.68 Å². The third kappa shape index (κ3) is 6.60. The van der Waals surface area contributed by atoms with Crippen molar-refractivity contribution in [3.05, 3.63) is 41.8 Å². The van der Waals surface area contributed by atoms with Crippen LogP contribution < -0.4 is 10.6 Å². The van der Waals surface area contributed by atoms with Gasteiger partial charge in [0, 0.05) is 35.6 Å². The standard InChI is InChI=1S/C27H34FN5O4S2/c1-17(2)37-27(34)32-19-5-3-18(4-6-19)26-29-15-24(38-26)23-10-7-20(13-25(23)39(35,36)22-8-9-22)31-21-14-30-33(16-21)12-11-28/h7,10,13-19,22,31H,3-6,8-9,11-12H2,1-2H3,(H,32,34)/t18-,19-. The maximum Gasteiger partial charge on any atom is 0.407 e. The Morgan fingerprint density at radius 2 is 1.92 bits per heavy atom. The van der Waals surface area contributed by atoms with Crippen LogP contribution in [0.15, 0.2) is 41.7 Å². The number of aromatic nitrogens is 3. The van der Waals surface area contributed by atoms with Gasteiger partial charge in [0.25, 0.3) is 0 Å². The molecule has 2 saturated carbocycles. The summed E-state index contributed by atoms with van der Waals surface area (Å²) in [6, 6.07) is 5.45. The molecule has 2 N–H and O–H groups in total. The summed E-state index contributed by atoms with van der Waals surface area (Å²) in [5.41, 5.74) is 1.95. The Hall–Kier alpha value is -2.99. The van der Waals surface area contributed by atoms with Crippen LogP contribution in [0.25, 0.3) is 10.4 Å². The van der Waals surface area contributed by atoms with E-state index in [4.69, 9.17) is 9.72 Å². The fraction of sp³-hybridized carbons (Fsp3) is 0.519. The highest BCUT2D eigenvalue weighted by atomic mass is 32.2. The molecule has 0 saturated heterocycles. The second kappa shape index (κ2) is 11.6. The molecule has 1 aromatic carbocycles. The van der Waals surface area contributed by atoms with Crippen LogP contribution in [0.3, 0.4) is 0 Å². The topological polar surface area (TPSA) is 115 Å². The number of thiazole rings is 1. The van der Waals surface area contributed by atoms with Crippen molar-refractivity contribution in [1.82, 2.24) is 20.1 Å². The van der Waals surface area contributed by atoms with E-state index in [9.17, 15) is 17.6 Å². The number of sulfone groups is 1. The number of ether oxygens (including phenoxy) is 1. The molecular weight excluding hydrogens is 541 g/mol. The summed E-state index contributed by atoms with van der Waals surface area (Å²) in [5, 5.41) is 10.9. The highest BCUT2D eigenvalue weighted by Gasteiger charge is 2.39. The van der Waals surface area contributed by atoms with Gasteiger partial charge in [0.05, 0.1) is 44.6 Å². The summed E-state index contributed by atoms with van der Waals surface area (Å²) in [6.07, 6.45) is 9.35. The third-order valence-electron chi connectivity index (χ3n) is 7.02. The van der Waals surface area contributed by atoms with Crippen LogP contribution in [0.2, 0.25) is 0 Å². The normalized spacial score (nSPS) is 19.7. The van der Waals surface area contributed by atoms with E-state index in [0.717, 1.165) is 35.6 Å². The molecule has 2 aromatic heterocycles. The number of halogens is 1. The van der Waals surface area contributed by atoms with Gasteiger partial charge >= 0.3 is 6.09 Å². The highest BCUT2D eigenvalue weighted by Crippen LogP contribution is 2.43. The van der Waals surface area contributed by atoms with Crippen molar-refractivity contribution in [3.8, 4) is 10.4 Å². The average Bonchev–Trinajstić information content (AvgIpc) is 3.50. The van der Waals surface area contributed by atoms with Gasteiger partial charge in [-0.05, 0) is 64.5 Å². The maximum absolute atomic E-state index is 13.4. The molecular formula is C27H34FN5O4S2. The van der Waals surface area contributed by atoms with Crippen molar-refractivity contribution < 1.29 is 22.3 Å². The molecule has 0 unspecified atom stereocenters. The number of hydrogen-bond donors (Lipinski definition) is 2. The van der Waals surface area contributed by atoms with Crippen molar-refractivity contribution in [2.24, 2.45) is 0 Å². The smallest absolute Gasteiger partial charge is 0.407 e. The zero-order valence-electron chi connectivity index (χ0n) is 22.1. The Morgan fingerprint density at radius 1 is 1.15 bits per heavy atom. The van der Waals surface area contributed by atoms with E-state index in [0.29, 0.717) is 34.7 Å². The molecule has 9 nitrogen and oxygen atoms in total. The number of anilines is 2. The Balaban J connectivity index is 1.32. The Labute approximate surface area is 232 Å². The van der Waals surface area contributed by atoms with Gasteiger partial charge < -0.3 is 15.4 Å². The molecule has 2 heterocycles. The summed E-state index contributed by atoms with van der Waals surface area (Å²) in [6.45, 7) is 3.31. The second-order valence-electron chi connectivity index (χ2n) is 10.5. The molecule has 0 spiro atoms. The number of nitrogens with zero attached hydrogens (tertiary/aromatic N) is 3. The summed E-state index contributed by atoms with van der Waals surface area (Å²) >= 11 is 1.54. The van der Waals surface area contributed by atoms with E-state index in [1.807, 2.05) is 26.0 Å². The number of benzene rings is 1. The summed E-state index contributed by atoms with van der Waals surface area (Å²) in [5.74, 6) is 0.271. The predicted molar refractivity (Wildman–Crippen MR) is 149 cm³/mol. The van der Waals surface area contributed by atoms with Crippen LogP contribution in [0, 0.1) is 0 Å². The first-order valence-corrected chi connectivity index (χ1v) is 15.8. The molecule has 0 bridgehead atoms. The fourth-order valence-electron chi connectivity index (χ4n) is 4.90. The first-order valence-electron chi connectivity index (χ1n) is 13.4. The number of rotatable bonds is 10. The van der Waals surface area contributed by atoms with Gasteiger partial charge in [0.15, 0.2) is 9.84 Å². The number of amides is 1. The largest absolute Gasteiger partial charge is 0.447 e. The quantitative estimate of drug-likeness (QED) is 0.313. The van der Waals surface area contributed by atoms with Crippen molar-refractivity contribution in [1.29, 1.82) is 0 Å². The molecule has 3 aromatic rings. The average molecular weight is 576 g/mol. The highest BCUT2D eigenvalue weighted by molar-refractivity contribution is 7.92. The molecule has 5 rings (SSSR count). The molecule has 2 fully saturated rings. The minimum absolute atomic E-state index is 0.0892. The number of nitrogens with one attached hydrogen (secondary N) is 2. The lowest BCUT2D eigenvalue weighted by Gasteiger charge is -2.28. The molecule has 2 aliphatic carbocycles. The first-order chi connectivity index (χ1) is 18.7. The first kappa shape index (κ1) is 27.6. The van der Waals surface area contributed by atoms with Gasteiger partial charge in [-0.1, -0.05) is 6.07 Å². The van der Waals surface area contributed by atoms with Crippen LogP contribution in [0.5, 0.6) is 0 Å². The van der Waals surface area contributed by atoms with E-state index in [-0.39, 0.29) is 36.0 Å². The zero-order valence-corrected chi connectivity index (χ0v) is 23.7. The number of carbonyl (C=O) groups is 1.